The Hall–Kier alpha value is -2.20. The van der Waals surface area contributed by atoms with Crippen molar-refractivity contribution in [1.82, 2.24) is 4.31 Å². The summed E-state index contributed by atoms with van der Waals surface area (Å²) in [6.07, 6.45) is 0. The Morgan fingerprint density at radius 3 is 2.63 bits per heavy atom. The molecule has 0 radical (unpaired) electrons. The van der Waals surface area contributed by atoms with E-state index in [9.17, 15) is 13.2 Å². The molecule has 0 aromatic heterocycles. The standard InChI is InChI=1S/C19H19Cl2NO7S/c1-26-16-7-12(3-4-15(16)29-11-18(23)27-2)10-22-5-6-28-19-14(21)8-13(20)9-17(19)30(22,24)25/h3-4,7-9H,5-6,10-11H2,1-2H3. The van der Waals surface area contributed by atoms with Crippen LogP contribution in [0.25, 0.3) is 0 Å². The molecule has 0 saturated carbocycles. The molecular weight excluding hydrogens is 457 g/mol. The molecule has 11 heteroatoms. The van der Waals surface area contributed by atoms with E-state index in [0.717, 1.165) is 0 Å². The number of methoxy groups -OCH3 is 2. The molecule has 0 aliphatic carbocycles. The zero-order valence-electron chi connectivity index (χ0n) is 16.2. The van der Waals surface area contributed by atoms with Crippen molar-refractivity contribution in [2.24, 2.45) is 0 Å². The highest BCUT2D eigenvalue weighted by Crippen LogP contribution is 2.39. The maximum atomic E-state index is 13.2. The number of rotatable bonds is 6. The zero-order valence-corrected chi connectivity index (χ0v) is 18.5. The SMILES string of the molecule is COC(=O)COc1ccc(CN2CCOc3c(Cl)cc(Cl)cc3S2(=O)=O)cc1OC. The molecule has 1 aliphatic heterocycles. The minimum absolute atomic E-state index is 0.0584. The van der Waals surface area contributed by atoms with Crippen molar-refractivity contribution in [2.45, 2.75) is 11.4 Å². The predicted molar refractivity (Wildman–Crippen MR) is 110 cm³/mol. The molecular formula is C19H19Cl2NO7S. The van der Waals surface area contributed by atoms with Crippen LogP contribution in [0.3, 0.4) is 0 Å². The average molecular weight is 476 g/mol. The fourth-order valence-corrected chi connectivity index (χ4v) is 5.13. The Morgan fingerprint density at radius 2 is 1.93 bits per heavy atom. The average Bonchev–Trinajstić information content (AvgIpc) is 2.83. The molecule has 30 heavy (non-hydrogen) atoms. The molecule has 0 N–H and O–H groups in total. The Kier molecular flexibility index (Phi) is 6.97. The summed E-state index contributed by atoms with van der Waals surface area (Å²) in [4.78, 5) is 11.2. The van der Waals surface area contributed by atoms with Crippen LogP contribution in [0.15, 0.2) is 35.2 Å². The number of hydrogen-bond donors (Lipinski definition) is 0. The normalized spacial score (nSPS) is 15.5. The number of ether oxygens (including phenoxy) is 4. The van der Waals surface area contributed by atoms with Crippen LogP contribution in [-0.2, 0) is 26.1 Å². The summed E-state index contributed by atoms with van der Waals surface area (Å²) in [5.41, 5.74) is 0.650. The van der Waals surface area contributed by atoms with Gasteiger partial charge in [0.1, 0.15) is 11.5 Å². The minimum Gasteiger partial charge on any atom is -0.493 e. The predicted octanol–water partition coefficient (Wildman–Crippen LogP) is 3.14. The summed E-state index contributed by atoms with van der Waals surface area (Å²) in [6, 6.07) is 7.67. The molecule has 0 amide bonds. The number of carbonyl (C=O) groups excluding carboxylic acids is 1. The lowest BCUT2D eigenvalue weighted by atomic mass is 10.2. The van der Waals surface area contributed by atoms with Crippen molar-refractivity contribution >= 4 is 39.2 Å². The summed E-state index contributed by atoms with van der Waals surface area (Å²) >= 11 is 12.1. The summed E-state index contributed by atoms with van der Waals surface area (Å²) < 4.78 is 48.4. The third-order valence-corrected chi connectivity index (χ3v) is 6.69. The maximum Gasteiger partial charge on any atom is 0.343 e. The molecule has 0 saturated heterocycles. The van der Waals surface area contributed by atoms with Gasteiger partial charge in [-0.2, -0.15) is 4.31 Å². The van der Waals surface area contributed by atoms with E-state index in [4.69, 9.17) is 37.4 Å². The Morgan fingerprint density at radius 1 is 1.17 bits per heavy atom. The van der Waals surface area contributed by atoms with E-state index in [1.54, 1.807) is 18.2 Å². The lowest BCUT2D eigenvalue weighted by Gasteiger charge is -2.20. The second kappa shape index (κ2) is 9.30. The van der Waals surface area contributed by atoms with E-state index in [1.165, 1.54) is 30.7 Å². The molecule has 0 unspecified atom stereocenters. The van der Waals surface area contributed by atoms with Gasteiger partial charge in [-0.05, 0) is 29.8 Å². The Bertz CT molecular complexity index is 1060. The van der Waals surface area contributed by atoms with Gasteiger partial charge < -0.3 is 18.9 Å². The monoisotopic (exact) mass is 475 g/mol. The van der Waals surface area contributed by atoms with Crippen molar-refractivity contribution < 1.29 is 32.2 Å². The van der Waals surface area contributed by atoms with Gasteiger partial charge in [-0.25, -0.2) is 13.2 Å². The first-order chi connectivity index (χ1) is 14.3. The first-order valence-electron chi connectivity index (χ1n) is 8.74. The van der Waals surface area contributed by atoms with Gasteiger partial charge in [0.2, 0.25) is 10.0 Å². The third kappa shape index (κ3) is 4.75. The molecule has 1 heterocycles. The van der Waals surface area contributed by atoms with Crippen molar-refractivity contribution in [3.8, 4) is 17.2 Å². The lowest BCUT2D eigenvalue weighted by Crippen LogP contribution is -2.32. The molecule has 0 bridgehead atoms. The second-order valence-corrected chi connectivity index (χ2v) is 9.00. The van der Waals surface area contributed by atoms with Crippen LogP contribution in [-0.4, -0.2) is 52.7 Å². The molecule has 162 valence electrons. The molecule has 0 spiro atoms. The summed E-state index contributed by atoms with van der Waals surface area (Å²) in [7, 11) is -1.21. The van der Waals surface area contributed by atoms with Crippen LogP contribution in [0.5, 0.6) is 17.2 Å². The van der Waals surface area contributed by atoms with E-state index in [0.29, 0.717) is 17.1 Å². The number of esters is 1. The highest BCUT2D eigenvalue weighted by atomic mass is 35.5. The third-order valence-electron chi connectivity index (χ3n) is 4.34. The van der Waals surface area contributed by atoms with Crippen LogP contribution in [0, 0.1) is 0 Å². The maximum absolute atomic E-state index is 13.2. The van der Waals surface area contributed by atoms with Crippen LogP contribution >= 0.6 is 23.2 Å². The van der Waals surface area contributed by atoms with Crippen molar-refractivity contribution in [2.75, 3.05) is 34.0 Å². The Balaban J connectivity index is 1.87. The number of hydrogen-bond acceptors (Lipinski definition) is 7. The minimum atomic E-state index is -3.91. The zero-order chi connectivity index (χ0) is 21.9. The number of fused-ring (bicyclic) bond motifs is 1. The Labute approximate surface area is 184 Å². The highest BCUT2D eigenvalue weighted by Gasteiger charge is 2.32. The van der Waals surface area contributed by atoms with E-state index < -0.39 is 16.0 Å². The van der Waals surface area contributed by atoms with Gasteiger partial charge in [0.15, 0.2) is 23.9 Å². The van der Waals surface area contributed by atoms with Crippen LogP contribution in [0.1, 0.15) is 5.56 Å². The largest absolute Gasteiger partial charge is 0.493 e. The lowest BCUT2D eigenvalue weighted by molar-refractivity contribution is -0.142. The number of sulfonamides is 1. The molecule has 8 nitrogen and oxygen atoms in total. The fourth-order valence-electron chi connectivity index (χ4n) is 2.87. The van der Waals surface area contributed by atoms with Crippen LogP contribution < -0.4 is 14.2 Å². The quantitative estimate of drug-likeness (QED) is 0.592. The highest BCUT2D eigenvalue weighted by molar-refractivity contribution is 7.89. The van der Waals surface area contributed by atoms with Crippen molar-refractivity contribution in [3.05, 3.63) is 45.9 Å². The topological polar surface area (TPSA) is 91.4 Å². The molecule has 1 aliphatic rings. The van der Waals surface area contributed by atoms with Gasteiger partial charge >= 0.3 is 5.97 Å². The number of carbonyl (C=O) groups is 1. The van der Waals surface area contributed by atoms with Gasteiger partial charge in [0.25, 0.3) is 0 Å². The van der Waals surface area contributed by atoms with E-state index in [2.05, 4.69) is 4.74 Å². The molecule has 0 fully saturated rings. The van der Waals surface area contributed by atoms with E-state index in [1.807, 2.05) is 0 Å². The summed E-state index contributed by atoms with van der Waals surface area (Å²) in [5, 5.41) is 0.332. The van der Waals surface area contributed by atoms with Gasteiger partial charge in [-0.1, -0.05) is 29.3 Å². The van der Waals surface area contributed by atoms with E-state index in [-0.39, 0.29) is 47.0 Å². The fraction of sp³-hybridized carbons (Fsp3) is 0.316. The molecule has 3 rings (SSSR count). The second-order valence-electron chi connectivity index (χ2n) is 6.25. The number of halogens is 2. The van der Waals surface area contributed by atoms with Gasteiger partial charge in [0, 0.05) is 18.1 Å². The molecule has 2 aromatic carbocycles. The number of nitrogens with zero attached hydrogens (tertiary/aromatic N) is 1. The molecule has 0 atom stereocenters. The van der Waals surface area contributed by atoms with Crippen LogP contribution in [0.4, 0.5) is 0 Å². The van der Waals surface area contributed by atoms with Crippen LogP contribution in [0.2, 0.25) is 10.0 Å². The van der Waals surface area contributed by atoms with Gasteiger partial charge in [-0.15, -0.1) is 0 Å². The van der Waals surface area contributed by atoms with Gasteiger partial charge in [-0.3, -0.25) is 0 Å². The first kappa shape index (κ1) is 22.5. The smallest absolute Gasteiger partial charge is 0.343 e. The number of benzene rings is 2. The summed E-state index contributed by atoms with van der Waals surface area (Å²) in [6.45, 7) is 0.0319. The van der Waals surface area contributed by atoms with E-state index >= 15 is 0 Å². The van der Waals surface area contributed by atoms with Crippen molar-refractivity contribution in [1.29, 1.82) is 0 Å². The van der Waals surface area contributed by atoms with Gasteiger partial charge in [0.05, 0.1) is 19.2 Å². The molecule has 2 aromatic rings. The van der Waals surface area contributed by atoms with Crippen molar-refractivity contribution in [3.63, 3.8) is 0 Å². The first-order valence-corrected chi connectivity index (χ1v) is 10.9. The summed E-state index contributed by atoms with van der Waals surface area (Å²) in [5.74, 6) is 0.240.